The van der Waals surface area contributed by atoms with Gasteiger partial charge in [0.15, 0.2) is 0 Å². The zero-order valence-electron chi connectivity index (χ0n) is 33.6. The number of unbranched alkanes of at least 4 members (excludes halogenated alkanes) is 2. The molecule has 2 nitrogen and oxygen atoms in total. The fraction of sp³-hybridized carbons (Fsp3) is 0.236. The fourth-order valence-corrected chi connectivity index (χ4v) is 10.4. The van der Waals surface area contributed by atoms with Crippen molar-refractivity contribution in [3.8, 4) is 11.1 Å². The first kappa shape index (κ1) is 36.8. The summed E-state index contributed by atoms with van der Waals surface area (Å²) < 4.78 is 0. The number of fused-ring (bicyclic) bond motifs is 5. The van der Waals surface area contributed by atoms with Crippen molar-refractivity contribution < 1.29 is 0 Å². The molecule has 1 saturated carbocycles. The summed E-state index contributed by atoms with van der Waals surface area (Å²) in [6.45, 7) is 4.70. The van der Waals surface area contributed by atoms with Gasteiger partial charge in [-0.1, -0.05) is 161 Å². The van der Waals surface area contributed by atoms with Crippen LogP contribution in [0.5, 0.6) is 0 Å². The maximum atomic E-state index is 2.54. The molecule has 0 heterocycles. The largest absolute Gasteiger partial charge is 0.311 e. The van der Waals surface area contributed by atoms with Crippen LogP contribution in [0.25, 0.3) is 11.1 Å². The van der Waals surface area contributed by atoms with E-state index in [4.69, 9.17) is 0 Å². The Morgan fingerprint density at radius 2 is 0.930 bits per heavy atom. The van der Waals surface area contributed by atoms with Gasteiger partial charge >= 0.3 is 0 Å². The zero-order chi connectivity index (χ0) is 38.7. The number of para-hydroxylation sites is 3. The predicted octanol–water partition coefficient (Wildman–Crippen LogP) is 15.7. The number of benzene rings is 7. The molecule has 0 amide bonds. The average molecular weight is 743 g/mol. The third-order valence-electron chi connectivity index (χ3n) is 13.2. The summed E-state index contributed by atoms with van der Waals surface area (Å²) in [5.74, 6) is 0. The van der Waals surface area contributed by atoms with Crippen molar-refractivity contribution in [2.24, 2.45) is 0 Å². The predicted molar refractivity (Wildman–Crippen MR) is 242 cm³/mol. The molecule has 0 aromatic heterocycles. The smallest absolute Gasteiger partial charge is 0.0508 e. The van der Waals surface area contributed by atoms with Gasteiger partial charge in [-0.15, -0.1) is 0 Å². The Labute approximate surface area is 340 Å². The number of rotatable bonds is 13. The highest BCUT2D eigenvalue weighted by atomic mass is 15.1. The molecule has 7 aromatic carbocycles. The van der Waals surface area contributed by atoms with Gasteiger partial charge < -0.3 is 9.80 Å². The highest BCUT2D eigenvalue weighted by Crippen LogP contribution is 2.60. The molecule has 0 saturated heterocycles. The van der Waals surface area contributed by atoms with Crippen LogP contribution in [-0.4, -0.2) is 0 Å². The summed E-state index contributed by atoms with van der Waals surface area (Å²) in [7, 11) is 0. The van der Waals surface area contributed by atoms with Crippen LogP contribution in [0.4, 0.5) is 34.1 Å². The van der Waals surface area contributed by atoms with E-state index in [1.165, 1.54) is 101 Å². The Morgan fingerprint density at radius 3 is 1.47 bits per heavy atom. The lowest BCUT2D eigenvalue weighted by Gasteiger charge is -2.36. The minimum Gasteiger partial charge on any atom is -0.311 e. The van der Waals surface area contributed by atoms with E-state index in [1.807, 2.05) is 0 Å². The van der Waals surface area contributed by atoms with Gasteiger partial charge in [0.2, 0.25) is 0 Å². The fourth-order valence-electron chi connectivity index (χ4n) is 10.4. The first-order valence-corrected chi connectivity index (χ1v) is 21.4. The molecule has 2 aliphatic rings. The van der Waals surface area contributed by atoms with Gasteiger partial charge in [0.1, 0.15) is 0 Å². The summed E-state index contributed by atoms with van der Waals surface area (Å²) in [4.78, 5) is 4.89. The van der Waals surface area contributed by atoms with Crippen LogP contribution in [0.2, 0.25) is 0 Å². The highest BCUT2D eigenvalue weighted by molar-refractivity contribution is 5.91. The Bertz CT molecular complexity index is 2360. The van der Waals surface area contributed by atoms with Crippen molar-refractivity contribution >= 4 is 34.1 Å². The second-order valence-electron chi connectivity index (χ2n) is 16.2. The molecular formula is C55H54N2. The van der Waals surface area contributed by atoms with Gasteiger partial charge in [0.05, 0.1) is 5.69 Å². The summed E-state index contributed by atoms with van der Waals surface area (Å²) in [6.07, 6.45) is 10.8. The lowest BCUT2D eigenvalue weighted by molar-refractivity contribution is 0.431. The van der Waals surface area contributed by atoms with Crippen molar-refractivity contribution in [3.63, 3.8) is 0 Å². The van der Waals surface area contributed by atoms with Crippen LogP contribution in [0.1, 0.15) is 93.9 Å². The van der Waals surface area contributed by atoms with Gasteiger partial charge in [0.25, 0.3) is 0 Å². The van der Waals surface area contributed by atoms with Crippen LogP contribution >= 0.6 is 0 Å². The molecule has 57 heavy (non-hydrogen) atoms. The molecule has 1 spiro atoms. The quantitative estimate of drug-likeness (QED) is 0.109. The van der Waals surface area contributed by atoms with Gasteiger partial charge in [-0.05, 0) is 126 Å². The highest BCUT2D eigenvalue weighted by Gasteiger charge is 2.47. The van der Waals surface area contributed by atoms with Crippen LogP contribution in [0.15, 0.2) is 182 Å². The van der Waals surface area contributed by atoms with Crippen LogP contribution in [0, 0.1) is 0 Å². The van der Waals surface area contributed by atoms with E-state index in [0.717, 1.165) is 24.2 Å². The zero-order valence-corrected chi connectivity index (χ0v) is 33.6. The Morgan fingerprint density at radius 1 is 0.456 bits per heavy atom. The van der Waals surface area contributed by atoms with Crippen LogP contribution < -0.4 is 9.80 Å². The molecule has 2 aliphatic carbocycles. The standard InChI is InChI=1S/C55H54N2/c1-3-5-17-39-54(4-2,42-31-35-47(36-32-42)56(44-21-9-6-10-22-44)45-23-11-7-12-24-45)43-33-37-48(38-34-43)57(46-25-13-8-14-26-46)52-30-20-28-50-49-27-15-16-29-51(49)55(53(50)52)40-18-19-41-55/h6-16,20-38H,3-5,17-19,39-41H2,1-2H3. The molecule has 1 unspecified atom stereocenters. The van der Waals surface area contributed by atoms with E-state index >= 15 is 0 Å². The molecule has 9 rings (SSSR count). The number of nitrogens with zero attached hydrogens (tertiary/aromatic N) is 2. The summed E-state index contributed by atoms with van der Waals surface area (Å²) in [6, 6.07) is 67.8. The topological polar surface area (TPSA) is 6.48 Å². The lowest BCUT2D eigenvalue weighted by Crippen LogP contribution is -2.27. The van der Waals surface area contributed by atoms with Crippen molar-refractivity contribution in [2.45, 2.75) is 82.5 Å². The molecule has 1 atom stereocenters. The molecule has 0 aliphatic heterocycles. The maximum absolute atomic E-state index is 2.54. The maximum Gasteiger partial charge on any atom is 0.0508 e. The number of hydrogen-bond donors (Lipinski definition) is 0. The average Bonchev–Trinajstić information content (AvgIpc) is 3.88. The van der Waals surface area contributed by atoms with Gasteiger partial charge in [-0.25, -0.2) is 0 Å². The second-order valence-corrected chi connectivity index (χ2v) is 16.2. The summed E-state index contributed by atoms with van der Waals surface area (Å²) in [5, 5.41) is 0. The Hall–Kier alpha value is -5.86. The van der Waals surface area contributed by atoms with Crippen molar-refractivity contribution in [1.82, 2.24) is 0 Å². The van der Waals surface area contributed by atoms with E-state index < -0.39 is 0 Å². The monoisotopic (exact) mass is 742 g/mol. The van der Waals surface area contributed by atoms with E-state index in [1.54, 1.807) is 0 Å². The minimum atomic E-state index is -0.0995. The Kier molecular flexibility index (Phi) is 10.3. The third-order valence-corrected chi connectivity index (χ3v) is 13.2. The SMILES string of the molecule is CCCCCC(CC)(c1ccc(N(c2ccccc2)c2ccccc2)cc1)c1ccc(N(c2ccccc2)c2cccc3c2C2(CCCC2)c2ccccc2-3)cc1. The minimum absolute atomic E-state index is 0.0644. The lowest BCUT2D eigenvalue weighted by atomic mass is 9.69. The number of hydrogen-bond acceptors (Lipinski definition) is 2. The number of anilines is 6. The summed E-state index contributed by atoms with van der Waals surface area (Å²) in [5.41, 5.74) is 15.8. The van der Waals surface area contributed by atoms with Crippen molar-refractivity contribution in [3.05, 3.63) is 204 Å². The molecule has 0 bridgehead atoms. The van der Waals surface area contributed by atoms with E-state index in [2.05, 4.69) is 206 Å². The van der Waals surface area contributed by atoms with Gasteiger partial charge in [-0.2, -0.15) is 0 Å². The Balaban J connectivity index is 1.13. The van der Waals surface area contributed by atoms with E-state index in [9.17, 15) is 0 Å². The second kappa shape index (κ2) is 15.9. The van der Waals surface area contributed by atoms with Crippen molar-refractivity contribution in [1.29, 1.82) is 0 Å². The van der Waals surface area contributed by atoms with Gasteiger partial charge in [0, 0.05) is 39.3 Å². The normalized spacial score (nSPS) is 14.8. The van der Waals surface area contributed by atoms with E-state index in [-0.39, 0.29) is 10.8 Å². The van der Waals surface area contributed by atoms with Crippen LogP contribution in [0.3, 0.4) is 0 Å². The summed E-state index contributed by atoms with van der Waals surface area (Å²) >= 11 is 0. The molecule has 0 radical (unpaired) electrons. The molecule has 1 fully saturated rings. The third kappa shape index (κ3) is 6.56. The van der Waals surface area contributed by atoms with Crippen LogP contribution in [-0.2, 0) is 10.8 Å². The first-order valence-electron chi connectivity index (χ1n) is 21.4. The van der Waals surface area contributed by atoms with E-state index in [0.29, 0.717) is 0 Å². The molecule has 0 N–H and O–H groups in total. The molecule has 284 valence electrons. The van der Waals surface area contributed by atoms with Gasteiger partial charge in [-0.3, -0.25) is 0 Å². The first-order chi connectivity index (χ1) is 28.2. The van der Waals surface area contributed by atoms with Crippen molar-refractivity contribution in [2.75, 3.05) is 9.80 Å². The molecule has 2 heteroatoms. The molecular weight excluding hydrogens is 689 g/mol. The molecule has 7 aromatic rings.